The van der Waals surface area contributed by atoms with Crippen LogP contribution >= 0.6 is 22.6 Å². The maximum Gasteiger partial charge on any atom is 0.273 e. The Morgan fingerprint density at radius 1 is 1.53 bits per heavy atom. The molecule has 162 valence electrons. The van der Waals surface area contributed by atoms with Gasteiger partial charge in [-0.15, -0.1) is 6.58 Å². The average molecular weight is 546 g/mol. The lowest BCUT2D eigenvalue weighted by Crippen LogP contribution is -2.46. The molecule has 1 saturated heterocycles. The van der Waals surface area contributed by atoms with Gasteiger partial charge in [-0.05, 0) is 56.4 Å². The van der Waals surface area contributed by atoms with Crippen molar-refractivity contribution in [1.82, 2.24) is 9.38 Å². The average Bonchev–Trinajstić information content (AvgIpc) is 2.69. The van der Waals surface area contributed by atoms with Crippen molar-refractivity contribution < 1.29 is 13.7 Å². The second-order valence-corrected chi connectivity index (χ2v) is 10.9. The number of morpholine rings is 1. The van der Waals surface area contributed by atoms with Gasteiger partial charge in [-0.1, -0.05) is 10.5 Å². The molecule has 1 fully saturated rings. The van der Waals surface area contributed by atoms with Gasteiger partial charge in [0.15, 0.2) is 11.5 Å². The molecule has 2 atom stereocenters. The maximum absolute atomic E-state index is 14.4. The van der Waals surface area contributed by atoms with E-state index in [2.05, 4.69) is 11.0 Å². The molecule has 3 rings (SSSR count). The van der Waals surface area contributed by atoms with Crippen LogP contribution in [0.1, 0.15) is 33.3 Å². The van der Waals surface area contributed by atoms with Crippen molar-refractivity contribution in [1.29, 1.82) is 0 Å². The smallest absolute Gasteiger partial charge is 0.273 e. The van der Waals surface area contributed by atoms with Gasteiger partial charge in [-0.2, -0.15) is 0 Å². The van der Waals surface area contributed by atoms with Gasteiger partial charge < -0.3 is 14.2 Å². The van der Waals surface area contributed by atoms with E-state index in [1.165, 1.54) is 10.5 Å². The van der Waals surface area contributed by atoms with E-state index in [0.29, 0.717) is 40.4 Å². The Labute approximate surface area is 191 Å². The van der Waals surface area contributed by atoms with Gasteiger partial charge >= 0.3 is 0 Å². The molecule has 0 radical (unpaired) electrons. The van der Waals surface area contributed by atoms with E-state index in [1.807, 2.05) is 27.5 Å². The van der Waals surface area contributed by atoms with Crippen LogP contribution in [0.4, 0.5) is 10.2 Å². The molecule has 0 unspecified atom stereocenters. The normalized spacial score (nSPS) is 19.2. The Hall–Kier alpha value is -1.50. The molecule has 0 aromatic carbocycles. The fraction of sp³-hybridized carbons (Fsp3) is 0.450. The molecule has 0 aliphatic carbocycles. The summed E-state index contributed by atoms with van der Waals surface area (Å²) in [4.78, 5) is 19.7. The van der Waals surface area contributed by atoms with E-state index in [0.717, 1.165) is 6.20 Å². The number of hydrogen-bond donors (Lipinski definition) is 0. The SMILES string of the molecule is C=C[C@@H]1COCCN1c1nc2c(/C(C)=N/[S@+]([O-])C(C)(C)C)cc(F)cn2c(=O)c1I. The lowest BCUT2D eigenvalue weighted by Gasteiger charge is -2.35. The van der Waals surface area contributed by atoms with Gasteiger partial charge in [0, 0.05) is 18.3 Å². The first-order chi connectivity index (χ1) is 14.0. The van der Waals surface area contributed by atoms with Gasteiger partial charge in [0.25, 0.3) is 5.56 Å². The lowest BCUT2D eigenvalue weighted by molar-refractivity contribution is 0.105. The largest absolute Gasteiger partial charge is 0.591 e. The van der Waals surface area contributed by atoms with Gasteiger partial charge in [0.2, 0.25) is 0 Å². The molecule has 1 aliphatic heterocycles. The van der Waals surface area contributed by atoms with E-state index in [4.69, 9.17) is 9.72 Å². The van der Waals surface area contributed by atoms with E-state index < -0.39 is 21.9 Å². The number of hydrogen-bond acceptors (Lipinski definition) is 6. The van der Waals surface area contributed by atoms with Crippen molar-refractivity contribution >= 4 is 51.1 Å². The minimum atomic E-state index is -1.54. The quantitative estimate of drug-likeness (QED) is 0.255. The monoisotopic (exact) mass is 546 g/mol. The molecule has 0 N–H and O–H groups in total. The minimum Gasteiger partial charge on any atom is -0.591 e. The molecule has 0 bridgehead atoms. The highest BCUT2D eigenvalue weighted by molar-refractivity contribution is 14.1. The molecule has 0 spiro atoms. The number of anilines is 1. The first-order valence-electron chi connectivity index (χ1n) is 9.40. The molecule has 10 heteroatoms. The fourth-order valence-corrected chi connectivity index (χ4v) is 4.33. The van der Waals surface area contributed by atoms with Crippen molar-refractivity contribution in [2.45, 2.75) is 38.5 Å². The highest BCUT2D eigenvalue weighted by Crippen LogP contribution is 2.25. The number of rotatable bonds is 4. The van der Waals surface area contributed by atoms with Crippen LogP contribution < -0.4 is 10.5 Å². The van der Waals surface area contributed by atoms with Crippen LogP contribution in [0.2, 0.25) is 0 Å². The zero-order valence-corrected chi connectivity index (χ0v) is 20.3. The first-order valence-corrected chi connectivity index (χ1v) is 11.6. The zero-order valence-electron chi connectivity index (χ0n) is 17.3. The molecular weight excluding hydrogens is 522 g/mol. The summed E-state index contributed by atoms with van der Waals surface area (Å²) in [6, 6.07) is 1.13. The number of nitrogens with zero attached hydrogens (tertiary/aromatic N) is 4. The van der Waals surface area contributed by atoms with Crippen LogP contribution in [0.3, 0.4) is 0 Å². The summed E-state index contributed by atoms with van der Waals surface area (Å²) < 4.78 is 37.6. The summed E-state index contributed by atoms with van der Waals surface area (Å²) in [5.74, 6) is -0.109. The summed E-state index contributed by atoms with van der Waals surface area (Å²) in [5, 5.41) is 0. The molecule has 2 aromatic rings. The number of ether oxygens (including phenoxy) is 1. The Morgan fingerprint density at radius 3 is 2.87 bits per heavy atom. The zero-order chi connectivity index (χ0) is 22.2. The first kappa shape index (κ1) is 23.2. The third kappa shape index (κ3) is 4.56. The van der Waals surface area contributed by atoms with Crippen LogP contribution in [0.15, 0.2) is 34.1 Å². The number of halogens is 2. The summed E-state index contributed by atoms with van der Waals surface area (Å²) in [5.41, 5.74) is 0.556. The molecule has 7 nitrogen and oxygen atoms in total. The van der Waals surface area contributed by atoms with Gasteiger partial charge in [-0.25, -0.2) is 9.37 Å². The highest BCUT2D eigenvalue weighted by Gasteiger charge is 2.29. The van der Waals surface area contributed by atoms with Gasteiger partial charge in [0.05, 0.1) is 25.0 Å². The third-order valence-corrected chi connectivity index (χ3v) is 7.09. The Bertz CT molecular complexity index is 1070. The van der Waals surface area contributed by atoms with E-state index in [9.17, 15) is 13.7 Å². The van der Waals surface area contributed by atoms with Crippen LogP contribution in [0, 0.1) is 9.39 Å². The highest BCUT2D eigenvalue weighted by atomic mass is 127. The summed E-state index contributed by atoms with van der Waals surface area (Å²) >= 11 is 0.404. The standard InChI is InChI=1S/C20H24FIN4O3S/c1-6-14-11-29-8-7-25(14)18-16(22)19(27)26-10-13(21)9-15(17(26)23-18)12(2)24-30(28)20(3,4)5/h6,9-10,14H,1,7-8,11H2,2-5H3/b24-12+/t14-,30-/m1/s1. The summed E-state index contributed by atoms with van der Waals surface area (Å²) in [7, 11) is 0. The van der Waals surface area contributed by atoms with Crippen LogP contribution in [0.25, 0.3) is 5.65 Å². The summed E-state index contributed by atoms with van der Waals surface area (Å²) in [6.07, 6.45) is 2.86. The van der Waals surface area contributed by atoms with Gasteiger partial charge in [0.1, 0.15) is 25.5 Å². The second kappa shape index (κ2) is 8.93. The summed E-state index contributed by atoms with van der Waals surface area (Å²) in [6.45, 7) is 12.4. The van der Waals surface area contributed by atoms with Crippen molar-refractivity contribution in [3.8, 4) is 0 Å². The predicted octanol–water partition coefficient (Wildman–Crippen LogP) is 3.10. The molecule has 3 heterocycles. The Morgan fingerprint density at radius 2 is 2.23 bits per heavy atom. The molecule has 30 heavy (non-hydrogen) atoms. The van der Waals surface area contributed by atoms with Crippen LogP contribution in [-0.4, -0.2) is 50.2 Å². The predicted molar refractivity (Wildman–Crippen MR) is 126 cm³/mol. The fourth-order valence-electron chi connectivity index (χ4n) is 3.02. The van der Waals surface area contributed by atoms with Crippen molar-refractivity contribution in [3.63, 3.8) is 0 Å². The van der Waals surface area contributed by atoms with Crippen molar-refractivity contribution in [2.75, 3.05) is 24.7 Å². The van der Waals surface area contributed by atoms with E-state index in [1.54, 1.807) is 33.8 Å². The van der Waals surface area contributed by atoms with Crippen LogP contribution in [0.5, 0.6) is 0 Å². The molecule has 0 amide bonds. The Kier molecular flexibility index (Phi) is 6.90. The third-order valence-electron chi connectivity index (χ3n) is 4.66. The molecule has 1 aliphatic rings. The minimum absolute atomic E-state index is 0.131. The van der Waals surface area contributed by atoms with E-state index in [-0.39, 0.29) is 17.2 Å². The number of fused-ring (bicyclic) bond motifs is 1. The number of aromatic nitrogens is 2. The molecular formula is C20H24FIN4O3S. The van der Waals surface area contributed by atoms with Crippen molar-refractivity contribution in [2.24, 2.45) is 4.40 Å². The van der Waals surface area contributed by atoms with Crippen molar-refractivity contribution in [3.05, 3.63) is 50.2 Å². The molecule has 0 saturated carbocycles. The topological polar surface area (TPSA) is 82.3 Å². The molecule has 2 aromatic heterocycles. The van der Waals surface area contributed by atoms with Gasteiger partial charge in [-0.3, -0.25) is 9.20 Å². The lowest BCUT2D eigenvalue weighted by atomic mass is 10.1. The Balaban J connectivity index is 2.24. The van der Waals surface area contributed by atoms with Crippen LogP contribution in [-0.2, 0) is 16.1 Å². The second-order valence-electron chi connectivity index (χ2n) is 7.93. The number of pyridine rings is 1. The van der Waals surface area contributed by atoms with E-state index >= 15 is 0 Å². The maximum atomic E-state index is 14.4.